The number of carbonyl (C=O) groups is 2. The van der Waals surface area contributed by atoms with Crippen molar-refractivity contribution in [3.05, 3.63) is 35.4 Å². The SMILES string of the molecule is COC(=O)[C@](C)(N)CNC(=O)N[C@@H]1CCc2ccccc21. The van der Waals surface area contributed by atoms with Crippen LogP contribution in [0.3, 0.4) is 0 Å². The molecular weight excluding hydrogens is 270 g/mol. The van der Waals surface area contributed by atoms with Crippen LogP contribution in [0.15, 0.2) is 24.3 Å². The normalized spacial score (nSPS) is 19.3. The molecule has 4 N–H and O–H groups in total. The molecule has 0 heterocycles. The minimum atomic E-state index is -1.24. The highest BCUT2D eigenvalue weighted by atomic mass is 16.5. The molecule has 0 saturated heterocycles. The lowest BCUT2D eigenvalue weighted by Gasteiger charge is -2.22. The standard InChI is InChI=1S/C15H21N3O3/c1-15(16,13(19)21-2)9-17-14(20)18-12-8-7-10-5-3-4-6-11(10)12/h3-6,12H,7-9,16H2,1-2H3,(H2,17,18,20)/t12-,15-/m1/s1. The number of nitrogens with one attached hydrogen (secondary N) is 2. The summed E-state index contributed by atoms with van der Waals surface area (Å²) in [7, 11) is 1.27. The monoisotopic (exact) mass is 291 g/mol. The lowest BCUT2D eigenvalue weighted by Crippen LogP contribution is -2.55. The van der Waals surface area contributed by atoms with Crippen LogP contribution in [0.4, 0.5) is 4.79 Å². The first-order valence-electron chi connectivity index (χ1n) is 6.93. The van der Waals surface area contributed by atoms with Gasteiger partial charge in [-0.25, -0.2) is 4.79 Å². The van der Waals surface area contributed by atoms with Crippen LogP contribution in [0.2, 0.25) is 0 Å². The predicted octanol–water partition coefficient (Wildman–Crippen LogP) is 0.864. The topological polar surface area (TPSA) is 93.4 Å². The average molecular weight is 291 g/mol. The fourth-order valence-corrected chi connectivity index (χ4v) is 2.49. The molecule has 6 heteroatoms. The van der Waals surface area contributed by atoms with E-state index in [0.717, 1.165) is 18.4 Å². The molecule has 0 bridgehead atoms. The molecule has 2 rings (SSSR count). The molecule has 2 atom stereocenters. The van der Waals surface area contributed by atoms with Gasteiger partial charge in [-0.2, -0.15) is 0 Å². The summed E-state index contributed by atoms with van der Waals surface area (Å²) < 4.78 is 4.59. The van der Waals surface area contributed by atoms with E-state index in [-0.39, 0.29) is 18.6 Å². The molecule has 0 saturated carbocycles. The number of fused-ring (bicyclic) bond motifs is 1. The van der Waals surface area contributed by atoms with E-state index in [2.05, 4.69) is 21.4 Å². The van der Waals surface area contributed by atoms with Gasteiger partial charge < -0.3 is 21.1 Å². The molecule has 0 spiro atoms. The Morgan fingerprint density at radius 2 is 2.14 bits per heavy atom. The second-order valence-electron chi connectivity index (χ2n) is 5.53. The first kappa shape index (κ1) is 15.3. The van der Waals surface area contributed by atoms with Crippen LogP contribution in [0.1, 0.15) is 30.5 Å². The molecule has 114 valence electrons. The highest BCUT2D eigenvalue weighted by molar-refractivity contribution is 5.82. The van der Waals surface area contributed by atoms with E-state index in [9.17, 15) is 9.59 Å². The maximum Gasteiger partial charge on any atom is 0.327 e. The van der Waals surface area contributed by atoms with Gasteiger partial charge in [0.1, 0.15) is 5.54 Å². The maximum atomic E-state index is 11.9. The Labute approximate surface area is 124 Å². The zero-order chi connectivity index (χ0) is 15.5. The first-order valence-corrected chi connectivity index (χ1v) is 6.93. The lowest BCUT2D eigenvalue weighted by molar-refractivity contribution is -0.146. The van der Waals surface area contributed by atoms with Crippen molar-refractivity contribution >= 4 is 12.0 Å². The zero-order valence-corrected chi connectivity index (χ0v) is 12.3. The van der Waals surface area contributed by atoms with E-state index < -0.39 is 11.5 Å². The van der Waals surface area contributed by atoms with Crippen molar-refractivity contribution in [2.45, 2.75) is 31.3 Å². The largest absolute Gasteiger partial charge is 0.468 e. The smallest absolute Gasteiger partial charge is 0.327 e. The number of benzene rings is 1. The molecule has 1 aromatic carbocycles. The number of esters is 1. The molecule has 1 aromatic rings. The van der Waals surface area contributed by atoms with Gasteiger partial charge in [0.2, 0.25) is 0 Å². The van der Waals surface area contributed by atoms with Gasteiger partial charge in [-0.15, -0.1) is 0 Å². The van der Waals surface area contributed by atoms with Crippen LogP contribution < -0.4 is 16.4 Å². The molecule has 0 aromatic heterocycles. The molecule has 1 aliphatic rings. The molecular formula is C15H21N3O3. The Hall–Kier alpha value is -2.08. The Kier molecular flexibility index (Phi) is 4.47. The van der Waals surface area contributed by atoms with Crippen LogP contribution in [0.5, 0.6) is 0 Å². The van der Waals surface area contributed by atoms with E-state index in [1.807, 2.05) is 18.2 Å². The van der Waals surface area contributed by atoms with E-state index in [0.29, 0.717) is 0 Å². The molecule has 0 fully saturated rings. The third-order valence-corrected chi connectivity index (χ3v) is 3.71. The van der Waals surface area contributed by atoms with Crippen LogP contribution >= 0.6 is 0 Å². The average Bonchev–Trinajstić information content (AvgIpc) is 2.88. The van der Waals surface area contributed by atoms with E-state index in [1.54, 1.807) is 0 Å². The second-order valence-corrected chi connectivity index (χ2v) is 5.53. The summed E-state index contributed by atoms with van der Waals surface area (Å²) in [4.78, 5) is 23.4. The fraction of sp³-hybridized carbons (Fsp3) is 0.467. The Morgan fingerprint density at radius 3 is 2.86 bits per heavy atom. The van der Waals surface area contributed by atoms with Crippen LogP contribution in [-0.2, 0) is 16.0 Å². The van der Waals surface area contributed by atoms with E-state index in [4.69, 9.17) is 5.73 Å². The Morgan fingerprint density at radius 1 is 1.43 bits per heavy atom. The second kappa shape index (κ2) is 6.13. The zero-order valence-electron chi connectivity index (χ0n) is 12.3. The maximum absolute atomic E-state index is 11.9. The quantitative estimate of drug-likeness (QED) is 0.717. The molecule has 6 nitrogen and oxygen atoms in total. The molecule has 0 radical (unpaired) electrons. The van der Waals surface area contributed by atoms with Crippen LogP contribution in [0, 0.1) is 0 Å². The summed E-state index contributed by atoms with van der Waals surface area (Å²) in [6.07, 6.45) is 1.83. The van der Waals surface area contributed by atoms with Gasteiger partial charge in [0.15, 0.2) is 0 Å². The third kappa shape index (κ3) is 3.52. The van der Waals surface area contributed by atoms with Crippen molar-refractivity contribution in [2.75, 3.05) is 13.7 Å². The third-order valence-electron chi connectivity index (χ3n) is 3.71. The van der Waals surface area contributed by atoms with Gasteiger partial charge in [-0.1, -0.05) is 24.3 Å². The Bertz CT molecular complexity index is 543. The summed E-state index contributed by atoms with van der Waals surface area (Å²) in [6, 6.07) is 7.72. The summed E-state index contributed by atoms with van der Waals surface area (Å²) >= 11 is 0. The predicted molar refractivity (Wildman–Crippen MR) is 78.6 cm³/mol. The number of methoxy groups -OCH3 is 1. The molecule has 0 aliphatic heterocycles. The minimum Gasteiger partial charge on any atom is -0.468 e. The van der Waals surface area contributed by atoms with Crippen molar-refractivity contribution in [3.8, 4) is 0 Å². The number of rotatable bonds is 4. The number of aryl methyl sites for hydroxylation is 1. The van der Waals surface area contributed by atoms with E-state index in [1.165, 1.54) is 19.6 Å². The van der Waals surface area contributed by atoms with E-state index >= 15 is 0 Å². The van der Waals surface area contributed by atoms with Crippen molar-refractivity contribution in [2.24, 2.45) is 5.73 Å². The number of carbonyl (C=O) groups excluding carboxylic acids is 2. The number of hydrogen-bond donors (Lipinski definition) is 3. The summed E-state index contributed by atoms with van der Waals surface area (Å²) in [5.74, 6) is -0.561. The summed E-state index contributed by atoms with van der Waals surface area (Å²) in [5.41, 5.74) is 6.96. The van der Waals surface area contributed by atoms with Gasteiger partial charge in [0.05, 0.1) is 13.2 Å². The lowest BCUT2D eigenvalue weighted by atomic mass is 10.1. The highest BCUT2D eigenvalue weighted by Crippen LogP contribution is 2.30. The minimum absolute atomic E-state index is 0.00311. The van der Waals surface area contributed by atoms with Crippen LogP contribution in [-0.4, -0.2) is 31.2 Å². The van der Waals surface area contributed by atoms with Gasteiger partial charge in [0.25, 0.3) is 0 Å². The van der Waals surface area contributed by atoms with Gasteiger partial charge in [0, 0.05) is 6.54 Å². The van der Waals surface area contributed by atoms with Crippen molar-refractivity contribution < 1.29 is 14.3 Å². The number of amides is 2. The van der Waals surface area contributed by atoms with Gasteiger partial charge in [-0.05, 0) is 30.9 Å². The molecule has 1 aliphatic carbocycles. The molecule has 2 amide bonds. The summed E-state index contributed by atoms with van der Waals surface area (Å²) in [5, 5.41) is 5.53. The fourth-order valence-electron chi connectivity index (χ4n) is 2.49. The number of hydrogen-bond acceptors (Lipinski definition) is 4. The van der Waals surface area contributed by atoms with Crippen molar-refractivity contribution in [1.29, 1.82) is 0 Å². The summed E-state index contributed by atoms with van der Waals surface area (Å²) in [6.45, 7) is 1.53. The number of ether oxygens (including phenoxy) is 1. The van der Waals surface area contributed by atoms with Gasteiger partial charge in [-0.3, -0.25) is 4.79 Å². The number of urea groups is 1. The molecule has 0 unspecified atom stereocenters. The first-order chi connectivity index (χ1) is 9.94. The van der Waals surface area contributed by atoms with Crippen molar-refractivity contribution in [1.82, 2.24) is 10.6 Å². The van der Waals surface area contributed by atoms with Gasteiger partial charge >= 0.3 is 12.0 Å². The molecule has 21 heavy (non-hydrogen) atoms. The Balaban J connectivity index is 1.88. The number of nitrogens with two attached hydrogens (primary N) is 1. The van der Waals surface area contributed by atoms with Crippen LogP contribution in [0.25, 0.3) is 0 Å². The van der Waals surface area contributed by atoms with Crippen molar-refractivity contribution in [3.63, 3.8) is 0 Å². The highest BCUT2D eigenvalue weighted by Gasteiger charge is 2.30.